The fourth-order valence-electron chi connectivity index (χ4n) is 2.45. The van der Waals surface area contributed by atoms with Gasteiger partial charge in [0.2, 0.25) is 10.0 Å². The van der Waals surface area contributed by atoms with E-state index < -0.39 is 15.9 Å². The van der Waals surface area contributed by atoms with Gasteiger partial charge in [-0.1, -0.05) is 0 Å². The summed E-state index contributed by atoms with van der Waals surface area (Å²) in [7, 11) is 2.04. The van der Waals surface area contributed by atoms with Crippen LogP contribution < -0.4 is 19.5 Å². The van der Waals surface area contributed by atoms with Crippen LogP contribution in [0.4, 0.5) is 5.69 Å². The number of sulfonamides is 1. The van der Waals surface area contributed by atoms with Crippen LogP contribution in [-0.4, -0.2) is 53.6 Å². The lowest BCUT2D eigenvalue weighted by atomic mass is 10.1. The summed E-state index contributed by atoms with van der Waals surface area (Å²) in [6, 6.07) is 9.29. The number of nitrogens with one attached hydrogen (secondary N) is 1. The molecule has 1 amide bonds. The van der Waals surface area contributed by atoms with Crippen LogP contribution in [0.15, 0.2) is 41.3 Å². The maximum absolute atomic E-state index is 12.7. The topological polar surface area (TPSA) is 94.2 Å². The number of ether oxygens (including phenoxy) is 3. The molecule has 2 aromatic rings. The Kier molecular flexibility index (Phi) is 6.87. The Morgan fingerprint density at radius 1 is 1.04 bits per heavy atom. The predicted octanol–water partition coefficient (Wildman–Crippen LogP) is 2.61. The Labute approximate surface area is 165 Å². The average molecular weight is 408 g/mol. The summed E-state index contributed by atoms with van der Waals surface area (Å²) in [6.07, 6.45) is 0. The molecule has 0 atom stereocenters. The second-order valence-corrected chi connectivity index (χ2v) is 8.02. The molecule has 0 aliphatic rings. The van der Waals surface area contributed by atoms with Crippen molar-refractivity contribution in [1.29, 1.82) is 0 Å². The molecule has 2 aromatic carbocycles. The van der Waals surface area contributed by atoms with Gasteiger partial charge in [0.1, 0.15) is 22.1 Å². The number of rotatable bonds is 8. The van der Waals surface area contributed by atoms with Gasteiger partial charge >= 0.3 is 0 Å². The lowest BCUT2D eigenvalue weighted by molar-refractivity contribution is 0.102. The van der Waals surface area contributed by atoms with Gasteiger partial charge in [0.25, 0.3) is 5.91 Å². The monoisotopic (exact) mass is 408 g/mol. The van der Waals surface area contributed by atoms with Crippen LogP contribution in [0.25, 0.3) is 0 Å². The Morgan fingerprint density at radius 2 is 1.71 bits per heavy atom. The number of hydrogen-bond donors (Lipinski definition) is 1. The fraction of sp³-hybridized carbons (Fsp3) is 0.316. The van der Waals surface area contributed by atoms with E-state index in [9.17, 15) is 13.2 Å². The van der Waals surface area contributed by atoms with Crippen molar-refractivity contribution in [2.75, 3.05) is 40.2 Å². The van der Waals surface area contributed by atoms with E-state index in [2.05, 4.69) is 5.32 Å². The first-order valence-electron chi connectivity index (χ1n) is 8.47. The molecular formula is C19H24N2O6S. The Morgan fingerprint density at radius 3 is 2.29 bits per heavy atom. The molecule has 0 unspecified atom stereocenters. The summed E-state index contributed by atoms with van der Waals surface area (Å²) >= 11 is 0. The van der Waals surface area contributed by atoms with E-state index in [0.717, 1.165) is 4.31 Å². The van der Waals surface area contributed by atoms with E-state index in [0.29, 0.717) is 23.8 Å². The van der Waals surface area contributed by atoms with Crippen LogP contribution in [0.3, 0.4) is 0 Å². The highest BCUT2D eigenvalue weighted by Crippen LogP contribution is 2.30. The van der Waals surface area contributed by atoms with Crippen molar-refractivity contribution in [2.24, 2.45) is 0 Å². The van der Waals surface area contributed by atoms with E-state index in [4.69, 9.17) is 14.2 Å². The number of anilines is 1. The van der Waals surface area contributed by atoms with Gasteiger partial charge in [-0.25, -0.2) is 12.7 Å². The number of benzene rings is 2. The van der Waals surface area contributed by atoms with Gasteiger partial charge in [0, 0.05) is 19.8 Å². The highest BCUT2D eigenvalue weighted by atomic mass is 32.2. The zero-order chi connectivity index (χ0) is 20.9. The van der Waals surface area contributed by atoms with Crippen LogP contribution in [-0.2, 0) is 10.0 Å². The van der Waals surface area contributed by atoms with Crippen molar-refractivity contribution in [2.45, 2.75) is 11.8 Å². The molecule has 0 bridgehead atoms. The second kappa shape index (κ2) is 8.94. The van der Waals surface area contributed by atoms with Crippen LogP contribution in [0, 0.1) is 0 Å². The SMILES string of the molecule is CCOc1ccc(NC(=O)c2cc(OC)ccc2OC)cc1S(=O)(=O)N(C)C. The normalized spacial score (nSPS) is 11.2. The van der Waals surface area contributed by atoms with Crippen LogP contribution >= 0.6 is 0 Å². The number of carbonyl (C=O) groups excluding carboxylic acids is 1. The summed E-state index contributed by atoms with van der Waals surface area (Å²) in [5.41, 5.74) is 0.562. The number of amides is 1. The summed E-state index contributed by atoms with van der Waals surface area (Å²) < 4.78 is 42.1. The highest BCUT2D eigenvalue weighted by Gasteiger charge is 2.24. The van der Waals surface area contributed by atoms with Crippen LogP contribution in [0.2, 0.25) is 0 Å². The molecule has 9 heteroatoms. The fourth-order valence-corrected chi connectivity index (χ4v) is 3.50. The third kappa shape index (κ3) is 4.55. The number of methoxy groups -OCH3 is 2. The van der Waals surface area contributed by atoms with Gasteiger partial charge in [-0.15, -0.1) is 0 Å². The summed E-state index contributed by atoms with van der Waals surface area (Å²) in [4.78, 5) is 12.7. The molecule has 0 saturated heterocycles. The van der Waals surface area contributed by atoms with E-state index in [-0.39, 0.29) is 16.2 Å². The molecule has 0 aliphatic heterocycles. The molecule has 0 spiro atoms. The smallest absolute Gasteiger partial charge is 0.259 e. The van der Waals surface area contributed by atoms with Gasteiger partial charge < -0.3 is 19.5 Å². The molecule has 0 saturated carbocycles. The van der Waals surface area contributed by atoms with Crippen molar-refractivity contribution in [3.63, 3.8) is 0 Å². The minimum Gasteiger partial charge on any atom is -0.497 e. The molecular weight excluding hydrogens is 384 g/mol. The second-order valence-electron chi connectivity index (χ2n) is 5.90. The Hall–Kier alpha value is -2.78. The van der Waals surface area contributed by atoms with Crippen LogP contribution in [0.1, 0.15) is 17.3 Å². The highest BCUT2D eigenvalue weighted by molar-refractivity contribution is 7.89. The number of carbonyl (C=O) groups is 1. The van der Waals surface area contributed by atoms with Crippen LogP contribution in [0.5, 0.6) is 17.2 Å². The van der Waals surface area contributed by atoms with Gasteiger partial charge in [-0.05, 0) is 43.3 Å². The maximum Gasteiger partial charge on any atom is 0.259 e. The molecule has 0 aromatic heterocycles. The third-order valence-electron chi connectivity index (χ3n) is 3.91. The Bertz CT molecular complexity index is 957. The predicted molar refractivity (Wildman–Crippen MR) is 106 cm³/mol. The van der Waals surface area contributed by atoms with Gasteiger partial charge in [0.15, 0.2) is 0 Å². The summed E-state index contributed by atoms with van der Waals surface area (Å²) in [6.45, 7) is 2.07. The molecule has 8 nitrogen and oxygen atoms in total. The zero-order valence-corrected chi connectivity index (χ0v) is 17.3. The molecule has 0 aliphatic carbocycles. The van der Waals surface area contributed by atoms with Crippen molar-refractivity contribution >= 4 is 21.6 Å². The third-order valence-corrected chi connectivity index (χ3v) is 5.75. The van der Waals surface area contributed by atoms with Gasteiger partial charge in [-0.2, -0.15) is 0 Å². The van der Waals surface area contributed by atoms with E-state index >= 15 is 0 Å². The molecule has 1 N–H and O–H groups in total. The molecule has 28 heavy (non-hydrogen) atoms. The summed E-state index contributed by atoms with van der Waals surface area (Å²) in [5, 5.41) is 2.69. The van der Waals surface area contributed by atoms with E-state index in [1.54, 1.807) is 31.2 Å². The molecule has 2 rings (SSSR count). The molecule has 0 fully saturated rings. The first kappa shape index (κ1) is 21.5. The maximum atomic E-state index is 12.7. The van der Waals surface area contributed by atoms with E-state index in [1.165, 1.54) is 40.4 Å². The largest absolute Gasteiger partial charge is 0.497 e. The standard InChI is InChI=1S/C19H24N2O6S/c1-6-27-17-9-7-13(11-18(17)28(23,24)21(2)3)20-19(22)15-12-14(25-4)8-10-16(15)26-5/h7-12H,6H2,1-5H3,(H,20,22). The zero-order valence-electron chi connectivity index (χ0n) is 16.5. The summed E-state index contributed by atoms with van der Waals surface area (Å²) in [5.74, 6) is 0.611. The average Bonchev–Trinajstić information content (AvgIpc) is 2.68. The number of hydrogen-bond acceptors (Lipinski definition) is 6. The lowest BCUT2D eigenvalue weighted by Crippen LogP contribution is -2.23. The first-order chi connectivity index (χ1) is 13.2. The van der Waals surface area contributed by atoms with Crippen molar-refractivity contribution < 1.29 is 27.4 Å². The van der Waals surface area contributed by atoms with E-state index in [1.807, 2.05) is 0 Å². The number of nitrogens with zero attached hydrogens (tertiary/aromatic N) is 1. The molecule has 152 valence electrons. The molecule has 0 heterocycles. The van der Waals surface area contributed by atoms with Gasteiger partial charge in [-0.3, -0.25) is 4.79 Å². The Balaban J connectivity index is 2.43. The van der Waals surface area contributed by atoms with Crippen molar-refractivity contribution in [1.82, 2.24) is 4.31 Å². The quantitative estimate of drug-likeness (QED) is 0.722. The van der Waals surface area contributed by atoms with Crippen molar-refractivity contribution in [3.05, 3.63) is 42.0 Å². The lowest BCUT2D eigenvalue weighted by Gasteiger charge is -2.17. The minimum absolute atomic E-state index is 0.0326. The molecule has 0 radical (unpaired) electrons. The van der Waals surface area contributed by atoms with Gasteiger partial charge in [0.05, 0.1) is 26.4 Å². The van der Waals surface area contributed by atoms with Crippen molar-refractivity contribution in [3.8, 4) is 17.2 Å². The minimum atomic E-state index is -3.76. The first-order valence-corrected chi connectivity index (χ1v) is 9.91.